The molecule has 0 spiro atoms. The fraction of sp³-hybridized carbons (Fsp3) is 0.100. The van der Waals surface area contributed by atoms with Gasteiger partial charge in [0.1, 0.15) is 17.2 Å². The van der Waals surface area contributed by atoms with E-state index in [2.05, 4.69) is 4.98 Å². The van der Waals surface area contributed by atoms with E-state index in [4.69, 9.17) is 19.4 Å². The molecule has 0 saturated carbocycles. The Morgan fingerprint density at radius 1 is 0.622 bits per heavy atom. The Morgan fingerprint density at radius 2 is 1.16 bits per heavy atom. The van der Waals surface area contributed by atoms with Gasteiger partial charge in [-0.1, -0.05) is 54.6 Å². The number of ether oxygens (including phenoxy) is 2. The average molecular weight is 488 g/mol. The highest BCUT2D eigenvalue weighted by molar-refractivity contribution is 5.88. The van der Waals surface area contributed by atoms with Crippen molar-refractivity contribution < 1.29 is 19.1 Å². The smallest absolute Gasteiger partial charge is 0.312 e. The molecule has 0 atom stereocenters. The summed E-state index contributed by atoms with van der Waals surface area (Å²) < 4.78 is 11.3. The SMILES string of the molecule is O=C(CC1(CC(=O)Oc2ccccc2)c2cccnc2-c2nc3ccccc3nc21)Oc1ccccc1. The van der Waals surface area contributed by atoms with Crippen molar-refractivity contribution in [2.45, 2.75) is 18.3 Å². The monoisotopic (exact) mass is 487 g/mol. The highest BCUT2D eigenvalue weighted by atomic mass is 16.5. The van der Waals surface area contributed by atoms with Gasteiger partial charge in [-0.3, -0.25) is 14.6 Å². The first-order chi connectivity index (χ1) is 18.1. The number of hydrogen-bond acceptors (Lipinski definition) is 7. The number of para-hydroxylation sites is 4. The summed E-state index contributed by atoms with van der Waals surface area (Å²) in [6.07, 6.45) is 1.37. The first kappa shape index (κ1) is 22.5. The van der Waals surface area contributed by atoms with Crippen LogP contribution in [0.2, 0.25) is 0 Å². The lowest BCUT2D eigenvalue weighted by Crippen LogP contribution is -2.35. The first-order valence-corrected chi connectivity index (χ1v) is 11.9. The summed E-state index contributed by atoms with van der Waals surface area (Å²) >= 11 is 0. The Bertz CT molecular complexity index is 1570. The van der Waals surface area contributed by atoms with Crippen LogP contribution in [0.25, 0.3) is 22.4 Å². The molecule has 0 aliphatic heterocycles. The molecule has 7 nitrogen and oxygen atoms in total. The summed E-state index contributed by atoms with van der Waals surface area (Å²) in [5.74, 6) is -0.167. The van der Waals surface area contributed by atoms with Crippen LogP contribution in [0, 0.1) is 0 Å². The van der Waals surface area contributed by atoms with E-state index in [0.717, 1.165) is 0 Å². The third-order valence-electron chi connectivity index (χ3n) is 6.41. The van der Waals surface area contributed by atoms with Crippen molar-refractivity contribution in [1.82, 2.24) is 15.0 Å². The summed E-state index contributed by atoms with van der Waals surface area (Å²) in [6, 6.07) is 28.8. The Labute approximate surface area is 212 Å². The van der Waals surface area contributed by atoms with Crippen molar-refractivity contribution in [2.75, 3.05) is 0 Å². The van der Waals surface area contributed by atoms with Crippen molar-refractivity contribution in [1.29, 1.82) is 0 Å². The summed E-state index contributed by atoms with van der Waals surface area (Å²) in [5, 5.41) is 0. The van der Waals surface area contributed by atoms with E-state index in [1.165, 1.54) is 0 Å². The van der Waals surface area contributed by atoms with Crippen molar-refractivity contribution in [3.63, 3.8) is 0 Å². The maximum Gasteiger partial charge on any atom is 0.312 e. The molecule has 2 aromatic heterocycles. The van der Waals surface area contributed by atoms with Gasteiger partial charge in [0.2, 0.25) is 0 Å². The van der Waals surface area contributed by atoms with Crippen molar-refractivity contribution in [3.05, 3.63) is 115 Å². The van der Waals surface area contributed by atoms with E-state index in [1.54, 1.807) is 60.8 Å². The highest BCUT2D eigenvalue weighted by Gasteiger charge is 2.50. The van der Waals surface area contributed by atoms with Gasteiger partial charge < -0.3 is 9.47 Å². The standard InChI is InChI=1S/C30H21N3O4/c34-25(36-20-10-3-1-4-11-20)18-30(19-26(35)37-21-12-5-2-6-13-21)22-14-9-17-31-27(22)28-29(30)33-24-16-8-7-15-23(24)32-28/h1-17H,18-19H2. The molecule has 5 aromatic rings. The van der Waals surface area contributed by atoms with E-state index in [-0.39, 0.29) is 12.8 Å². The lowest BCUT2D eigenvalue weighted by atomic mass is 9.75. The molecule has 2 heterocycles. The molecule has 1 aliphatic carbocycles. The number of esters is 2. The fourth-order valence-corrected chi connectivity index (χ4v) is 4.83. The van der Waals surface area contributed by atoms with Gasteiger partial charge in [0.05, 0.1) is 40.7 Å². The number of rotatable bonds is 6. The number of aromatic nitrogens is 3. The topological polar surface area (TPSA) is 91.3 Å². The molecule has 1 aliphatic rings. The van der Waals surface area contributed by atoms with Crippen LogP contribution in [0.5, 0.6) is 11.5 Å². The summed E-state index contributed by atoms with van der Waals surface area (Å²) in [7, 11) is 0. The van der Waals surface area contributed by atoms with Crippen molar-refractivity contribution in [3.8, 4) is 22.9 Å². The lowest BCUT2D eigenvalue weighted by Gasteiger charge is -2.28. The van der Waals surface area contributed by atoms with Crippen LogP contribution in [-0.4, -0.2) is 26.9 Å². The Kier molecular flexibility index (Phi) is 5.65. The number of fused-ring (bicyclic) bond motifs is 4. The zero-order valence-electron chi connectivity index (χ0n) is 19.7. The van der Waals surface area contributed by atoms with Crippen molar-refractivity contribution >= 4 is 23.0 Å². The van der Waals surface area contributed by atoms with Gasteiger partial charge >= 0.3 is 11.9 Å². The van der Waals surface area contributed by atoms with Crippen LogP contribution in [0.3, 0.4) is 0 Å². The van der Waals surface area contributed by atoms with E-state index < -0.39 is 17.4 Å². The van der Waals surface area contributed by atoms with Crippen molar-refractivity contribution in [2.24, 2.45) is 0 Å². The molecule has 3 aromatic carbocycles. The second kappa shape index (κ2) is 9.28. The van der Waals surface area contributed by atoms with Crippen LogP contribution in [0.4, 0.5) is 0 Å². The third-order valence-corrected chi connectivity index (χ3v) is 6.41. The Hall–Kier alpha value is -4.91. The molecule has 0 radical (unpaired) electrons. The number of nitrogens with zero attached hydrogens (tertiary/aromatic N) is 3. The Morgan fingerprint density at radius 3 is 1.76 bits per heavy atom. The molecule has 0 saturated heterocycles. The zero-order valence-corrected chi connectivity index (χ0v) is 19.7. The number of benzene rings is 3. The van der Waals surface area contributed by atoms with E-state index in [9.17, 15) is 9.59 Å². The number of hydrogen-bond donors (Lipinski definition) is 0. The van der Waals surface area contributed by atoms with E-state index in [0.29, 0.717) is 45.2 Å². The van der Waals surface area contributed by atoms with Crippen LogP contribution in [0.15, 0.2) is 103 Å². The molecule has 0 unspecified atom stereocenters. The molecule has 180 valence electrons. The minimum absolute atomic E-state index is 0.148. The predicted molar refractivity (Wildman–Crippen MR) is 137 cm³/mol. The summed E-state index contributed by atoms with van der Waals surface area (Å²) in [6.45, 7) is 0. The average Bonchev–Trinajstić information content (AvgIpc) is 3.17. The lowest BCUT2D eigenvalue weighted by molar-refractivity contribution is -0.138. The second-order valence-corrected chi connectivity index (χ2v) is 8.82. The summed E-state index contributed by atoms with van der Waals surface area (Å²) in [4.78, 5) is 41.1. The quantitative estimate of drug-likeness (QED) is 0.238. The molecular formula is C30H21N3O4. The maximum absolute atomic E-state index is 13.4. The highest BCUT2D eigenvalue weighted by Crippen LogP contribution is 2.51. The van der Waals surface area contributed by atoms with Crippen LogP contribution >= 0.6 is 0 Å². The van der Waals surface area contributed by atoms with E-state index in [1.807, 2.05) is 42.5 Å². The number of carbonyl (C=O) groups is 2. The molecule has 0 fully saturated rings. The predicted octanol–water partition coefficient (Wildman–Crippen LogP) is 5.28. The molecule has 7 heteroatoms. The molecule has 0 bridgehead atoms. The van der Waals surface area contributed by atoms with Gasteiger partial charge in [-0.15, -0.1) is 0 Å². The van der Waals surface area contributed by atoms with Gasteiger partial charge in [0.15, 0.2) is 0 Å². The fourth-order valence-electron chi connectivity index (χ4n) is 4.83. The van der Waals surface area contributed by atoms with Gasteiger partial charge in [0, 0.05) is 6.20 Å². The maximum atomic E-state index is 13.4. The van der Waals surface area contributed by atoms with Crippen LogP contribution in [0.1, 0.15) is 24.1 Å². The van der Waals surface area contributed by atoms with Gasteiger partial charge in [-0.2, -0.15) is 0 Å². The normalized spacial score (nSPS) is 13.0. The first-order valence-electron chi connectivity index (χ1n) is 11.9. The Balaban J connectivity index is 1.47. The van der Waals surface area contributed by atoms with Gasteiger partial charge in [-0.05, 0) is 48.0 Å². The minimum atomic E-state index is -1.17. The van der Waals surface area contributed by atoms with Gasteiger partial charge in [-0.25, -0.2) is 9.97 Å². The van der Waals surface area contributed by atoms with Crippen LogP contribution in [-0.2, 0) is 15.0 Å². The molecular weight excluding hydrogens is 466 g/mol. The second-order valence-electron chi connectivity index (χ2n) is 8.82. The summed E-state index contributed by atoms with van der Waals surface area (Å²) in [5.41, 5.74) is 2.53. The third kappa shape index (κ3) is 4.21. The zero-order chi connectivity index (χ0) is 25.2. The molecule has 6 rings (SSSR count). The molecule has 37 heavy (non-hydrogen) atoms. The molecule has 0 amide bonds. The number of pyridine rings is 1. The number of carbonyl (C=O) groups excluding carboxylic acids is 2. The van der Waals surface area contributed by atoms with Gasteiger partial charge in [0.25, 0.3) is 0 Å². The molecule has 0 N–H and O–H groups in total. The minimum Gasteiger partial charge on any atom is -0.426 e. The van der Waals surface area contributed by atoms with E-state index >= 15 is 0 Å². The largest absolute Gasteiger partial charge is 0.426 e. The van der Waals surface area contributed by atoms with Crippen LogP contribution < -0.4 is 9.47 Å².